The maximum atomic E-state index is 9.05. The molecule has 0 heterocycles. The highest BCUT2D eigenvalue weighted by molar-refractivity contribution is 6.18. The molecule has 5 heteroatoms. The lowest BCUT2D eigenvalue weighted by Gasteiger charge is -2.25. The van der Waals surface area contributed by atoms with Crippen molar-refractivity contribution >= 4 is 11.6 Å². The molecule has 0 saturated heterocycles. The first-order chi connectivity index (χ1) is 4.95. The van der Waals surface area contributed by atoms with Gasteiger partial charge in [0.15, 0.2) is 0 Å². The van der Waals surface area contributed by atoms with Crippen LogP contribution in [0.1, 0.15) is 0 Å². The number of hydrogen-bond donors (Lipinski definition) is 2. The van der Waals surface area contributed by atoms with Crippen LogP contribution >= 0.6 is 11.6 Å². The Morgan fingerprint density at radius 2 is 1.58 bits per heavy atom. The number of alkyl halides is 1. The van der Waals surface area contributed by atoms with Crippen LogP contribution in [0.4, 0.5) is 0 Å². The predicted octanol–water partition coefficient (Wildman–Crippen LogP) is -3.10. The van der Waals surface area contributed by atoms with Crippen molar-refractivity contribution in [2.24, 2.45) is 0 Å². The summed E-state index contributed by atoms with van der Waals surface area (Å²) in [5, 5.41) is 16.0. The average molecular weight is 220 g/mol. The van der Waals surface area contributed by atoms with Gasteiger partial charge in [0.1, 0.15) is 12.6 Å². The molecule has 0 aliphatic carbocycles. The van der Waals surface area contributed by atoms with E-state index in [0.29, 0.717) is 12.4 Å². The molecule has 0 aromatic carbocycles. The van der Waals surface area contributed by atoms with E-state index in [1.165, 1.54) is 0 Å². The molecule has 0 radical (unpaired) electrons. The lowest BCUT2D eigenvalue weighted by atomic mass is 10.3. The summed E-state index contributed by atoms with van der Waals surface area (Å²) in [5.74, 6) is 0.329. The van der Waals surface area contributed by atoms with Gasteiger partial charge >= 0.3 is 0 Å². The fourth-order valence-electron chi connectivity index (χ4n) is 0.681. The van der Waals surface area contributed by atoms with Crippen molar-refractivity contribution < 1.29 is 27.1 Å². The van der Waals surface area contributed by atoms with Crippen molar-refractivity contribution in [2.75, 3.05) is 40.7 Å². The van der Waals surface area contributed by atoms with Gasteiger partial charge in [-0.2, -0.15) is 0 Å². The van der Waals surface area contributed by atoms with E-state index in [0.717, 1.165) is 11.6 Å². The van der Waals surface area contributed by atoms with Gasteiger partial charge in [-0.05, 0) is 0 Å². The summed E-state index contributed by atoms with van der Waals surface area (Å²) >= 11 is 5.40. The van der Waals surface area contributed by atoms with Crippen molar-refractivity contribution in [3.8, 4) is 0 Å². The van der Waals surface area contributed by atoms with Crippen molar-refractivity contribution in [3.63, 3.8) is 0 Å². The smallest absolute Gasteiger partial charge is 0.116 e. The summed E-state index contributed by atoms with van der Waals surface area (Å²) in [6.45, 7) is 0.712. The van der Waals surface area contributed by atoms with Crippen LogP contribution in [0.15, 0.2) is 0 Å². The maximum absolute atomic E-state index is 9.05. The van der Waals surface area contributed by atoms with Gasteiger partial charge in [-0.1, -0.05) is 0 Å². The Hall–Kier alpha value is 0.460. The Kier molecular flexibility index (Phi) is 14.5. The van der Waals surface area contributed by atoms with E-state index in [4.69, 9.17) is 21.8 Å². The van der Waals surface area contributed by atoms with Gasteiger partial charge in [-0.3, -0.25) is 0 Å². The predicted molar refractivity (Wildman–Crippen MR) is 47.8 cm³/mol. The fourth-order valence-corrected chi connectivity index (χ4v) is 0.779. The molecular weight excluding hydrogens is 201 g/mol. The minimum atomic E-state index is -0.369. The van der Waals surface area contributed by atoms with Gasteiger partial charge in [-0.15, -0.1) is 11.6 Å². The third-order valence-corrected chi connectivity index (χ3v) is 1.29. The maximum Gasteiger partial charge on any atom is 0.116 e. The average Bonchev–Trinajstić information content (AvgIpc) is 1.89. The molecule has 0 rings (SSSR count). The highest BCUT2D eigenvalue weighted by Crippen LogP contribution is 1.95. The molecule has 1 unspecified atom stereocenters. The van der Waals surface area contributed by atoms with E-state index >= 15 is 0 Å². The molecule has 0 saturated carbocycles. The van der Waals surface area contributed by atoms with Crippen molar-refractivity contribution in [1.82, 2.24) is 0 Å². The minimum Gasteiger partial charge on any atom is -1.00 e. The number of rotatable bonds is 3. The molecule has 0 aliphatic rings. The molecule has 0 aromatic rings. The Labute approximate surface area is 85.9 Å². The second kappa shape index (κ2) is 9.55. The van der Waals surface area contributed by atoms with Crippen molar-refractivity contribution in [3.05, 3.63) is 0 Å². The Morgan fingerprint density at radius 1 is 1.25 bits per heavy atom. The van der Waals surface area contributed by atoms with E-state index in [-0.39, 0.29) is 18.5 Å². The highest BCUT2D eigenvalue weighted by Gasteiger charge is 2.13. The zero-order valence-electron chi connectivity index (χ0n) is 8.09. The molecular formula is C7H19Cl2NO2. The molecule has 3 nitrogen and oxygen atoms in total. The largest absolute Gasteiger partial charge is 1.00 e. The summed E-state index contributed by atoms with van der Waals surface area (Å²) in [7, 11) is 7.07. The molecule has 0 fully saturated rings. The van der Waals surface area contributed by atoms with Gasteiger partial charge in [0.25, 0.3) is 0 Å². The van der Waals surface area contributed by atoms with Crippen LogP contribution < -0.4 is 12.4 Å². The van der Waals surface area contributed by atoms with Crippen LogP contribution in [0, 0.1) is 0 Å². The van der Waals surface area contributed by atoms with Crippen LogP contribution in [0.5, 0.6) is 0 Å². The van der Waals surface area contributed by atoms with Crippen LogP contribution in [-0.4, -0.2) is 61.5 Å². The first-order valence-electron chi connectivity index (χ1n) is 3.45. The molecule has 0 bridgehead atoms. The molecule has 2 N–H and O–H groups in total. The van der Waals surface area contributed by atoms with Crippen molar-refractivity contribution in [1.29, 1.82) is 0 Å². The summed E-state index contributed by atoms with van der Waals surface area (Å²) in [5.41, 5.74) is 0. The van der Waals surface area contributed by atoms with E-state index < -0.39 is 0 Å². The second-order valence-corrected chi connectivity index (χ2v) is 3.59. The first kappa shape index (κ1) is 18.3. The van der Waals surface area contributed by atoms with Gasteiger partial charge in [0, 0.05) is 7.11 Å². The lowest BCUT2D eigenvalue weighted by molar-refractivity contribution is -0.873. The third-order valence-electron chi connectivity index (χ3n) is 0.937. The van der Waals surface area contributed by atoms with Crippen LogP contribution in [0.3, 0.4) is 0 Å². The lowest BCUT2D eigenvalue weighted by Crippen LogP contribution is -3.00. The molecule has 0 spiro atoms. The number of quaternary nitrogens is 1. The topological polar surface area (TPSA) is 40.5 Å². The van der Waals surface area contributed by atoms with E-state index in [2.05, 4.69) is 0 Å². The van der Waals surface area contributed by atoms with Crippen LogP contribution in [0.2, 0.25) is 0 Å². The normalized spacial score (nSPS) is 12.2. The van der Waals surface area contributed by atoms with E-state index in [1.807, 2.05) is 21.1 Å². The summed E-state index contributed by atoms with van der Waals surface area (Å²) in [4.78, 5) is 0. The number of aliphatic hydroxyl groups excluding tert-OH is 2. The highest BCUT2D eigenvalue weighted by atomic mass is 35.5. The second-order valence-electron chi connectivity index (χ2n) is 3.28. The molecule has 12 heavy (non-hydrogen) atoms. The summed E-state index contributed by atoms with van der Waals surface area (Å²) in [6, 6.07) is 0. The van der Waals surface area contributed by atoms with Gasteiger partial charge in [0.2, 0.25) is 0 Å². The summed E-state index contributed by atoms with van der Waals surface area (Å²) in [6.07, 6.45) is -0.369. The van der Waals surface area contributed by atoms with E-state index in [9.17, 15) is 0 Å². The van der Waals surface area contributed by atoms with Gasteiger partial charge in [0.05, 0.1) is 27.0 Å². The van der Waals surface area contributed by atoms with Gasteiger partial charge < -0.3 is 27.1 Å². The fraction of sp³-hybridized carbons (Fsp3) is 1.00. The third kappa shape index (κ3) is 16.8. The standard InChI is InChI=1S/C6H15ClNO.CH4O.ClH/c1-8(2,3)5-6(9)4-7;1-2;/h6,9H,4-5H2,1-3H3;2H,1H3;1H/q+1;;/p-1. The zero-order valence-corrected chi connectivity index (χ0v) is 9.60. The Morgan fingerprint density at radius 3 is 1.67 bits per heavy atom. The van der Waals surface area contributed by atoms with Crippen LogP contribution in [-0.2, 0) is 0 Å². The first-order valence-corrected chi connectivity index (χ1v) is 3.98. The molecule has 0 amide bonds. The molecule has 0 aromatic heterocycles. The quantitative estimate of drug-likeness (QED) is 0.391. The number of hydrogen-bond acceptors (Lipinski definition) is 2. The molecule has 0 aliphatic heterocycles. The SMILES string of the molecule is CO.C[N+](C)(C)CC(O)CCl.[Cl-]. The monoisotopic (exact) mass is 219 g/mol. The molecule has 1 atom stereocenters. The Balaban J connectivity index is -0.000000249. The van der Waals surface area contributed by atoms with E-state index in [1.54, 1.807) is 0 Å². The minimum absolute atomic E-state index is 0. The summed E-state index contributed by atoms with van der Waals surface area (Å²) < 4.78 is 0.758. The molecule has 78 valence electrons. The van der Waals surface area contributed by atoms with Crippen LogP contribution in [0.25, 0.3) is 0 Å². The van der Waals surface area contributed by atoms with Crippen molar-refractivity contribution in [2.45, 2.75) is 6.10 Å². The van der Waals surface area contributed by atoms with Gasteiger partial charge in [-0.25, -0.2) is 0 Å². The number of halogens is 2. The Bertz CT molecular complexity index is 86.0. The number of likely N-dealkylation sites (N-methyl/N-ethyl adjacent to an activating group) is 1. The zero-order chi connectivity index (χ0) is 9.49. The number of aliphatic hydroxyl groups is 2. The number of nitrogens with zero attached hydrogens (tertiary/aromatic N) is 1.